The minimum Gasteiger partial charge on any atom is -0.481 e. The zero-order valence-electron chi connectivity index (χ0n) is 22.5. The van der Waals surface area contributed by atoms with Gasteiger partial charge in [0.25, 0.3) is 5.91 Å². The van der Waals surface area contributed by atoms with Gasteiger partial charge < -0.3 is 26.2 Å². The normalized spacial score (nSPS) is 10.8. The molecule has 0 aliphatic carbocycles. The smallest absolute Gasteiger partial charge is 0.326 e. The Morgan fingerprint density at radius 3 is 2.38 bits per heavy atom. The lowest BCUT2D eigenvalue weighted by atomic mass is 10.1. The van der Waals surface area contributed by atoms with Crippen LogP contribution in [0.4, 0.5) is 17.3 Å². The fraction of sp³-hybridized carbons (Fsp3) is 0.172. The van der Waals surface area contributed by atoms with E-state index in [0.717, 1.165) is 33.8 Å². The fourth-order valence-electron chi connectivity index (χ4n) is 3.85. The third-order valence-electron chi connectivity index (χ3n) is 6.06. The van der Waals surface area contributed by atoms with E-state index in [1.165, 1.54) is 0 Å². The zero-order valence-corrected chi connectivity index (χ0v) is 24.1. The summed E-state index contributed by atoms with van der Waals surface area (Å²) < 4.78 is 0. The van der Waals surface area contributed by atoms with Crippen LogP contribution in [0.5, 0.6) is 0 Å². The highest BCUT2D eigenvalue weighted by Crippen LogP contribution is 2.24. The van der Waals surface area contributed by atoms with Crippen molar-refractivity contribution in [2.24, 2.45) is 0 Å². The number of hydrogen-bond acceptors (Lipinski definition) is 8. The van der Waals surface area contributed by atoms with Gasteiger partial charge in [0.05, 0.1) is 5.69 Å². The average Bonchev–Trinajstić information content (AvgIpc) is 2.96. The summed E-state index contributed by atoms with van der Waals surface area (Å²) in [6.07, 6.45) is 4.58. The van der Waals surface area contributed by atoms with Crippen molar-refractivity contribution in [2.45, 2.75) is 32.4 Å². The summed E-state index contributed by atoms with van der Waals surface area (Å²) in [4.78, 5) is 47.6. The van der Waals surface area contributed by atoms with Gasteiger partial charge in [0, 0.05) is 54.1 Å². The maximum Gasteiger partial charge on any atom is 0.326 e. The molecule has 0 saturated carbocycles. The molecule has 0 aliphatic heterocycles. The number of carboxylic acids is 2. The van der Waals surface area contributed by atoms with E-state index in [2.05, 4.69) is 30.9 Å². The van der Waals surface area contributed by atoms with E-state index in [1.807, 2.05) is 43.3 Å². The molecule has 0 saturated heterocycles. The summed E-state index contributed by atoms with van der Waals surface area (Å²) in [5.74, 6) is -2.53. The second-order valence-corrected chi connectivity index (χ2v) is 9.01. The molecule has 0 spiro atoms. The number of carbonyl (C=O) groups is 3. The molecule has 1 unspecified atom stereocenters. The SMILES string of the molecule is Cc1ccc(Nc2nccc(-c3cccnc3)n2)cc1NCc1ccc(C(=O)NC(CCC(=O)O)C(=O)O)cc1.Cl.Cl. The number of aromatic nitrogens is 3. The van der Waals surface area contributed by atoms with Crippen LogP contribution in [0.2, 0.25) is 0 Å². The highest BCUT2D eigenvalue weighted by molar-refractivity contribution is 5.96. The average molecular weight is 614 g/mol. The molecule has 2 aromatic carbocycles. The lowest BCUT2D eigenvalue weighted by molar-refractivity contribution is -0.140. The van der Waals surface area contributed by atoms with E-state index < -0.39 is 23.9 Å². The molecule has 42 heavy (non-hydrogen) atoms. The molecule has 2 aromatic heterocycles. The number of nitrogens with one attached hydrogen (secondary N) is 3. The number of carbonyl (C=O) groups excluding carboxylic acids is 1. The van der Waals surface area contributed by atoms with Crippen LogP contribution in [-0.4, -0.2) is 49.1 Å². The number of halogens is 2. The Kier molecular flexibility index (Phi) is 12.7. The Bertz CT molecular complexity index is 1510. The molecule has 13 heteroatoms. The fourth-order valence-corrected chi connectivity index (χ4v) is 3.85. The van der Waals surface area contributed by atoms with Crippen LogP contribution in [0, 0.1) is 6.92 Å². The largest absolute Gasteiger partial charge is 0.481 e. The first kappa shape index (κ1) is 33.5. The first-order chi connectivity index (χ1) is 19.3. The molecule has 1 atom stereocenters. The molecule has 2 heterocycles. The molecule has 0 bridgehead atoms. The van der Waals surface area contributed by atoms with Gasteiger partial charge in [-0.3, -0.25) is 14.6 Å². The summed E-state index contributed by atoms with van der Waals surface area (Å²) in [5, 5.41) is 27.0. The number of aryl methyl sites for hydroxylation is 1. The monoisotopic (exact) mass is 612 g/mol. The van der Waals surface area contributed by atoms with Crippen molar-refractivity contribution in [1.29, 1.82) is 0 Å². The Hall–Kier alpha value is -4.74. The van der Waals surface area contributed by atoms with Gasteiger partial charge in [-0.1, -0.05) is 18.2 Å². The van der Waals surface area contributed by atoms with Crippen LogP contribution in [0.1, 0.15) is 34.3 Å². The van der Waals surface area contributed by atoms with Crippen LogP contribution >= 0.6 is 24.8 Å². The lowest BCUT2D eigenvalue weighted by Gasteiger charge is -2.14. The maximum absolute atomic E-state index is 12.5. The molecule has 4 aromatic rings. The van der Waals surface area contributed by atoms with Crippen LogP contribution < -0.4 is 16.0 Å². The van der Waals surface area contributed by atoms with Crippen LogP contribution in [0.3, 0.4) is 0 Å². The van der Waals surface area contributed by atoms with Crippen molar-refractivity contribution < 1.29 is 24.6 Å². The van der Waals surface area contributed by atoms with Crippen molar-refractivity contribution in [3.8, 4) is 11.3 Å². The van der Waals surface area contributed by atoms with Crippen molar-refractivity contribution >= 4 is 60.0 Å². The summed E-state index contributed by atoms with van der Waals surface area (Å²) in [7, 11) is 0. The Morgan fingerprint density at radius 1 is 0.952 bits per heavy atom. The number of pyridine rings is 1. The molecule has 220 valence electrons. The molecule has 4 rings (SSSR count). The highest BCUT2D eigenvalue weighted by Gasteiger charge is 2.21. The molecule has 11 nitrogen and oxygen atoms in total. The third-order valence-corrected chi connectivity index (χ3v) is 6.06. The molecule has 5 N–H and O–H groups in total. The summed E-state index contributed by atoms with van der Waals surface area (Å²) in [6, 6.07) is 16.9. The van der Waals surface area contributed by atoms with Gasteiger partial charge in [-0.2, -0.15) is 0 Å². The molecule has 1 amide bonds. The van der Waals surface area contributed by atoms with Gasteiger partial charge in [0.15, 0.2) is 0 Å². The Labute approximate surface area is 254 Å². The van der Waals surface area contributed by atoms with Crippen molar-refractivity contribution in [1.82, 2.24) is 20.3 Å². The number of anilines is 3. The van der Waals surface area contributed by atoms with Crippen molar-refractivity contribution in [3.05, 3.63) is 95.9 Å². The van der Waals surface area contributed by atoms with Gasteiger partial charge in [0.2, 0.25) is 5.95 Å². The van der Waals surface area contributed by atoms with Gasteiger partial charge in [0.1, 0.15) is 6.04 Å². The molecular formula is C29H30Cl2N6O5. The van der Waals surface area contributed by atoms with Gasteiger partial charge in [-0.25, -0.2) is 14.8 Å². The number of hydrogen-bond donors (Lipinski definition) is 5. The number of nitrogens with zero attached hydrogens (tertiary/aromatic N) is 3. The molecule has 0 fully saturated rings. The van der Waals surface area contributed by atoms with E-state index in [9.17, 15) is 19.5 Å². The highest BCUT2D eigenvalue weighted by atomic mass is 35.5. The van der Waals surface area contributed by atoms with Gasteiger partial charge >= 0.3 is 11.9 Å². The van der Waals surface area contributed by atoms with E-state index >= 15 is 0 Å². The first-order valence-corrected chi connectivity index (χ1v) is 12.5. The topological polar surface area (TPSA) is 166 Å². The van der Waals surface area contributed by atoms with Gasteiger partial charge in [-0.05, 0) is 66.9 Å². The zero-order chi connectivity index (χ0) is 28.5. The minimum absolute atomic E-state index is 0. The Morgan fingerprint density at radius 2 is 1.71 bits per heavy atom. The number of rotatable bonds is 12. The maximum atomic E-state index is 12.5. The van der Waals surface area contributed by atoms with E-state index in [4.69, 9.17) is 5.11 Å². The molecule has 0 aliphatic rings. The lowest BCUT2D eigenvalue weighted by Crippen LogP contribution is -2.41. The standard InChI is InChI=1S/C29H28N6O5.2ClH/c1-18-4-9-22(33-29-31-14-12-23(35-29)21-3-2-13-30-17-21)15-25(18)32-16-19-5-7-20(8-6-19)27(38)34-24(28(39)40)10-11-26(36)37;;/h2-9,12-15,17,24,32H,10-11,16H2,1H3,(H,34,38)(H,36,37)(H,39,40)(H,31,33,35);2*1H. The van der Waals surface area contributed by atoms with Crippen LogP contribution in [-0.2, 0) is 16.1 Å². The minimum atomic E-state index is -1.28. The second-order valence-electron chi connectivity index (χ2n) is 9.01. The van der Waals surface area contributed by atoms with Crippen LogP contribution in [0.15, 0.2) is 79.3 Å². The van der Waals surface area contributed by atoms with E-state index in [-0.39, 0.29) is 43.2 Å². The quantitative estimate of drug-likeness (QED) is 0.145. The van der Waals surface area contributed by atoms with Crippen molar-refractivity contribution in [3.63, 3.8) is 0 Å². The summed E-state index contributed by atoms with van der Waals surface area (Å²) in [6.45, 7) is 2.47. The molecule has 0 radical (unpaired) electrons. The third kappa shape index (κ3) is 9.43. The predicted octanol–water partition coefficient (Wildman–Crippen LogP) is 5.09. The number of carboxylic acid groups (broad SMARTS) is 2. The summed E-state index contributed by atoms with van der Waals surface area (Å²) in [5.41, 5.74) is 5.57. The number of aliphatic carboxylic acids is 2. The number of benzene rings is 2. The summed E-state index contributed by atoms with van der Waals surface area (Å²) >= 11 is 0. The van der Waals surface area contributed by atoms with Crippen molar-refractivity contribution in [2.75, 3.05) is 10.6 Å². The van der Waals surface area contributed by atoms with Gasteiger partial charge in [-0.15, -0.1) is 24.8 Å². The van der Waals surface area contributed by atoms with E-state index in [0.29, 0.717) is 12.5 Å². The van der Waals surface area contributed by atoms with E-state index in [1.54, 1.807) is 42.9 Å². The predicted molar refractivity (Wildman–Crippen MR) is 164 cm³/mol. The Balaban J connectivity index is 0.00000308. The first-order valence-electron chi connectivity index (χ1n) is 12.5. The van der Waals surface area contributed by atoms with Crippen LogP contribution in [0.25, 0.3) is 11.3 Å². The molecular weight excluding hydrogens is 583 g/mol. The number of amides is 1. The second kappa shape index (κ2) is 15.9.